The van der Waals surface area contributed by atoms with E-state index >= 15 is 0 Å². The highest BCUT2D eigenvalue weighted by molar-refractivity contribution is 6.30. The first kappa shape index (κ1) is 19.4. The largest absolute Gasteiger partial charge is 0.375 e. The summed E-state index contributed by atoms with van der Waals surface area (Å²) in [5, 5.41) is 11.1. The van der Waals surface area contributed by atoms with Crippen molar-refractivity contribution in [3.63, 3.8) is 0 Å². The first-order valence-electron chi connectivity index (χ1n) is 9.06. The predicted octanol–water partition coefficient (Wildman–Crippen LogP) is 3.80. The molecule has 2 aromatic carbocycles. The van der Waals surface area contributed by atoms with Crippen LogP contribution >= 0.6 is 11.6 Å². The zero-order valence-corrected chi connectivity index (χ0v) is 16.4. The van der Waals surface area contributed by atoms with Crippen LogP contribution in [-0.4, -0.2) is 34.4 Å². The maximum absolute atomic E-state index is 13.4. The topological polar surface area (TPSA) is 81.1 Å². The Balaban J connectivity index is 1.69. The number of hydrogen-bond acceptors (Lipinski definition) is 5. The van der Waals surface area contributed by atoms with Gasteiger partial charge in [-0.3, -0.25) is 10.1 Å². The Bertz CT molecular complexity index is 1010. The molecule has 0 bridgehead atoms. The van der Waals surface area contributed by atoms with Gasteiger partial charge < -0.3 is 10.1 Å². The monoisotopic (exact) mass is 415 g/mol. The van der Waals surface area contributed by atoms with E-state index in [-0.39, 0.29) is 36.4 Å². The lowest BCUT2D eigenvalue weighted by Crippen LogP contribution is -2.28. The van der Waals surface area contributed by atoms with Crippen LogP contribution < -0.4 is 10.6 Å². The third-order valence-corrected chi connectivity index (χ3v) is 4.99. The Morgan fingerprint density at radius 2 is 1.93 bits per heavy atom. The van der Waals surface area contributed by atoms with Crippen molar-refractivity contribution >= 4 is 29.4 Å². The SMILES string of the molecule is COCC(=O)Nc1nc2n(n1)[C@H](c1ccc(F)cc1)C[C@H](c1ccc(Cl)cc1)N2. The third kappa shape index (κ3) is 4.23. The molecule has 0 saturated carbocycles. The van der Waals surface area contributed by atoms with Gasteiger partial charge in [-0.1, -0.05) is 35.9 Å². The Labute approximate surface area is 171 Å². The number of rotatable bonds is 5. The molecule has 7 nitrogen and oxygen atoms in total. The summed E-state index contributed by atoms with van der Waals surface area (Å²) in [5.41, 5.74) is 1.94. The van der Waals surface area contributed by atoms with Gasteiger partial charge in [0.15, 0.2) is 0 Å². The summed E-state index contributed by atoms with van der Waals surface area (Å²) in [6.45, 7) is -0.0912. The van der Waals surface area contributed by atoms with Gasteiger partial charge >= 0.3 is 0 Å². The Kier molecular flexibility index (Phi) is 5.46. The van der Waals surface area contributed by atoms with E-state index < -0.39 is 0 Å². The molecule has 3 aromatic rings. The van der Waals surface area contributed by atoms with Crippen molar-refractivity contribution in [2.24, 2.45) is 0 Å². The van der Waals surface area contributed by atoms with Gasteiger partial charge in [-0.15, -0.1) is 5.10 Å². The van der Waals surface area contributed by atoms with E-state index in [1.165, 1.54) is 19.2 Å². The molecule has 1 amide bonds. The summed E-state index contributed by atoms with van der Waals surface area (Å²) in [6.07, 6.45) is 0.662. The van der Waals surface area contributed by atoms with E-state index in [1.807, 2.05) is 24.3 Å². The third-order valence-electron chi connectivity index (χ3n) is 4.74. The number of fused-ring (bicyclic) bond motifs is 1. The van der Waals surface area contributed by atoms with Crippen molar-refractivity contribution in [3.8, 4) is 0 Å². The number of nitrogens with zero attached hydrogens (tertiary/aromatic N) is 3. The number of anilines is 2. The fraction of sp³-hybridized carbons (Fsp3) is 0.250. The summed E-state index contributed by atoms with van der Waals surface area (Å²) < 4.78 is 20.0. The van der Waals surface area contributed by atoms with E-state index in [9.17, 15) is 9.18 Å². The van der Waals surface area contributed by atoms with Gasteiger partial charge in [0.2, 0.25) is 5.95 Å². The number of aromatic nitrogens is 3. The quantitative estimate of drug-likeness (QED) is 0.662. The minimum atomic E-state index is -0.344. The molecule has 2 heterocycles. The standard InChI is InChI=1S/C20H19ClFN5O2/c1-29-11-18(28)24-19-25-20-23-16(12-2-6-14(21)7-3-12)10-17(27(20)26-19)13-4-8-15(22)9-5-13/h2-9,16-17H,10-11H2,1H3,(H2,23,24,25,26,28)/t16-,17+/m1/s1. The molecule has 0 unspecified atom stereocenters. The number of carbonyl (C=O) groups is 1. The van der Waals surface area contributed by atoms with Crippen molar-refractivity contribution in [2.45, 2.75) is 18.5 Å². The smallest absolute Gasteiger partial charge is 0.252 e. The Morgan fingerprint density at radius 1 is 1.24 bits per heavy atom. The van der Waals surface area contributed by atoms with Gasteiger partial charge in [0.05, 0.1) is 12.1 Å². The zero-order chi connectivity index (χ0) is 20.4. The average Bonchev–Trinajstić information content (AvgIpc) is 3.11. The summed E-state index contributed by atoms with van der Waals surface area (Å²) in [5.74, 6) is 0.0444. The first-order chi connectivity index (χ1) is 14.0. The zero-order valence-electron chi connectivity index (χ0n) is 15.6. The van der Waals surface area contributed by atoms with Crippen molar-refractivity contribution < 1.29 is 13.9 Å². The van der Waals surface area contributed by atoms with Gasteiger partial charge in [0.25, 0.3) is 11.9 Å². The summed E-state index contributed by atoms with van der Waals surface area (Å²) in [6, 6.07) is 13.7. The van der Waals surface area contributed by atoms with Gasteiger partial charge in [-0.2, -0.15) is 4.98 Å². The highest BCUT2D eigenvalue weighted by atomic mass is 35.5. The van der Waals surface area contributed by atoms with E-state index in [2.05, 4.69) is 20.7 Å². The van der Waals surface area contributed by atoms with Crippen LogP contribution in [0.1, 0.15) is 29.6 Å². The minimum Gasteiger partial charge on any atom is -0.375 e. The van der Waals surface area contributed by atoms with Gasteiger partial charge in [0.1, 0.15) is 12.4 Å². The van der Waals surface area contributed by atoms with E-state index in [0.29, 0.717) is 17.4 Å². The van der Waals surface area contributed by atoms with Gasteiger partial charge in [-0.25, -0.2) is 9.07 Å². The maximum Gasteiger partial charge on any atom is 0.252 e. The molecular weight excluding hydrogens is 397 g/mol. The molecule has 1 aliphatic heterocycles. The first-order valence-corrected chi connectivity index (χ1v) is 9.44. The molecule has 1 aromatic heterocycles. The van der Waals surface area contributed by atoms with Crippen LogP contribution in [0.3, 0.4) is 0 Å². The van der Waals surface area contributed by atoms with Crippen LogP contribution in [-0.2, 0) is 9.53 Å². The predicted molar refractivity (Wildman–Crippen MR) is 107 cm³/mol. The second-order valence-corrected chi connectivity index (χ2v) is 7.17. The number of amides is 1. The van der Waals surface area contributed by atoms with Crippen LogP contribution in [0.25, 0.3) is 0 Å². The number of ether oxygens (including phenoxy) is 1. The molecule has 0 radical (unpaired) electrons. The normalized spacial score (nSPS) is 18.0. The number of benzene rings is 2. The lowest BCUT2D eigenvalue weighted by molar-refractivity contribution is -0.119. The van der Waals surface area contributed by atoms with Crippen molar-refractivity contribution in [2.75, 3.05) is 24.4 Å². The second-order valence-electron chi connectivity index (χ2n) is 6.74. The second kappa shape index (κ2) is 8.18. The fourth-order valence-electron chi connectivity index (χ4n) is 3.40. The molecular formula is C20H19ClFN5O2. The summed E-state index contributed by atoms with van der Waals surface area (Å²) in [7, 11) is 1.44. The Morgan fingerprint density at radius 3 is 2.62 bits per heavy atom. The van der Waals surface area contributed by atoms with Crippen LogP contribution in [0.2, 0.25) is 5.02 Å². The van der Waals surface area contributed by atoms with Crippen molar-refractivity contribution in [1.29, 1.82) is 0 Å². The van der Waals surface area contributed by atoms with Crippen molar-refractivity contribution in [1.82, 2.24) is 14.8 Å². The number of hydrogen-bond donors (Lipinski definition) is 2. The van der Waals surface area contributed by atoms with Crippen LogP contribution in [0.5, 0.6) is 0 Å². The van der Waals surface area contributed by atoms with Crippen LogP contribution in [0.4, 0.5) is 16.3 Å². The molecule has 1 aliphatic rings. The molecule has 2 N–H and O–H groups in total. The van der Waals surface area contributed by atoms with E-state index in [4.69, 9.17) is 16.3 Å². The number of halogens is 2. The molecule has 29 heavy (non-hydrogen) atoms. The highest BCUT2D eigenvalue weighted by Gasteiger charge is 2.31. The number of methoxy groups -OCH3 is 1. The maximum atomic E-state index is 13.4. The van der Waals surface area contributed by atoms with Gasteiger partial charge in [-0.05, 0) is 41.8 Å². The minimum absolute atomic E-state index is 0.0541. The van der Waals surface area contributed by atoms with Crippen LogP contribution in [0, 0.1) is 5.82 Å². The lowest BCUT2D eigenvalue weighted by atomic mass is 9.93. The van der Waals surface area contributed by atoms with E-state index in [1.54, 1.807) is 16.8 Å². The molecule has 2 atom stereocenters. The average molecular weight is 416 g/mol. The lowest BCUT2D eigenvalue weighted by Gasteiger charge is -2.31. The molecule has 0 spiro atoms. The molecule has 0 aliphatic carbocycles. The van der Waals surface area contributed by atoms with Crippen LogP contribution in [0.15, 0.2) is 48.5 Å². The molecule has 0 saturated heterocycles. The molecule has 4 rings (SSSR count). The number of nitrogens with one attached hydrogen (secondary N) is 2. The Hall–Kier alpha value is -2.97. The molecule has 0 fully saturated rings. The van der Waals surface area contributed by atoms with Gasteiger partial charge in [0, 0.05) is 12.1 Å². The summed E-state index contributed by atoms with van der Waals surface area (Å²) >= 11 is 6.02. The molecule has 150 valence electrons. The number of carbonyl (C=O) groups excluding carboxylic acids is 1. The summed E-state index contributed by atoms with van der Waals surface area (Å²) in [4.78, 5) is 16.2. The highest BCUT2D eigenvalue weighted by Crippen LogP contribution is 2.38. The van der Waals surface area contributed by atoms with Crippen molar-refractivity contribution in [3.05, 3.63) is 70.5 Å². The molecule has 9 heteroatoms. The van der Waals surface area contributed by atoms with E-state index in [0.717, 1.165) is 11.1 Å². The fourth-order valence-corrected chi connectivity index (χ4v) is 3.52.